The fourth-order valence-corrected chi connectivity index (χ4v) is 2.75. The molecule has 1 aromatic heterocycles. The van der Waals surface area contributed by atoms with Gasteiger partial charge in [-0.15, -0.1) is 0 Å². The molecule has 104 valence electrons. The van der Waals surface area contributed by atoms with Gasteiger partial charge in [0.25, 0.3) is 5.91 Å². The van der Waals surface area contributed by atoms with Crippen molar-refractivity contribution in [2.75, 3.05) is 6.54 Å². The maximum absolute atomic E-state index is 12.5. The number of aliphatic carboxylic acids is 1. The van der Waals surface area contributed by atoms with Gasteiger partial charge >= 0.3 is 5.97 Å². The van der Waals surface area contributed by atoms with Crippen LogP contribution in [0.5, 0.6) is 0 Å². The van der Waals surface area contributed by atoms with Gasteiger partial charge in [0.1, 0.15) is 0 Å². The molecule has 1 unspecified atom stereocenters. The van der Waals surface area contributed by atoms with Crippen molar-refractivity contribution in [2.45, 2.75) is 25.3 Å². The highest BCUT2D eigenvalue weighted by atomic mass is 16.4. The molecule has 1 aliphatic heterocycles. The minimum absolute atomic E-state index is 0.0119. The molecular formula is C14H15N3O3. The van der Waals surface area contributed by atoms with Gasteiger partial charge in [-0.1, -0.05) is 0 Å². The first-order valence-corrected chi connectivity index (χ1v) is 6.61. The van der Waals surface area contributed by atoms with Gasteiger partial charge in [-0.25, -0.2) is 4.98 Å². The number of aromatic nitrogens is 2. The van der Waals surface area contributed by atoms with E-state index in [1.807, 2.05) is 0 Å². The SMILES string of the molecule is O=C(O)CC1CCCN1C(=O)c1ccc2nc[nH]c2c1. The number of imidazole rings is 1. The number of fused-ring (bicyclic) bond motifs is 1. The summed E-state index contributed by atoms with van der Waals surface area (Å²) >= 11 is 0. The summed E-state index contributed by atoms with van der Waals surface area (Å²) in [6, 6.07) is 5.10. The zero-order chi connectivity index (χ0) is 14.1. The summed E-state index contributed by atoms with van der Waals surface area (Å²) in [6.45, 7) is 0.623. The number of likely N-dealkylation sites (tertiary alicyclic amines) is 1. The number of hydrogen-bond acceptors (Lipinski definition) is 3. The molecule has 2 N–H and O–H groups in total. The molecule has 6 heteroatoms. The number of carboxylic acids is 1. The highest BCUT2D eigenvalue weighted by Crippen LogP contribution is 2.23. The van der Waals surface area contributed by atoms with Crippen molar-refractivity contribution in [3.05, 3.63) is 30.1 Å². The average Bonchev–Trinajstić information content (AvgIpc) is 3.04. The summed E-state index contributed by atoms with van der Waals surface area (Å²) in [7, 11) is 0. The summed E-state index contributed by atoms with van der Waals surface area (Å²) in [6.07, 6.45) is 3.21. The Kier molecular flexibility index (Phi) is 3.14. The van der Waals surface area contributed by atoms with E-state index in [9.17, 15) is 9.59 Å². The normalized spacial score (nSPS) is 18.6. The number of rotatable bonds is 3. The largest absolute Gasteiger partial charge is 0.481 e. The molecule has 1 atom stereocenters. The lowest BCUT2D eigenvalue weighted by Gasteiger charge is -2.23. The standard InChI is InChI=1S/C14H15N3O3/c18-13(19)7-10-2-1-5-17(10)14(20)9-3-4-11-12(6-9)16-8-15-11/h3-4,6,8,10H,1-2,5,7H2,(H,15,16)(H,18,19). The van der Waals surface area contributed by atoms with Crippen LogP contribution in [-0.2, 0) is 4.79 Å². The lowest BCUT2D eigenvalue weighted by Crippen LogP contribution is -2.36. The zero-order valence-electron chi connectivity index (χ0n) is 10.9. The molecule has 0 bridgehead atoms. The number of hydrogen-bond donors (Lipinski definition) is 2. The minimum atomic E-state index is -0.862. The second kappa shape index (κ2) is 4.96. The van der Waals surface area contributed by atoms with Gasteiger partial charge in [0.2, 0.25) is 0 Å². The molecule has 1 fully saturated rings. The first-order chi connectivity index (χ1) is 9.65. The smallest absolute Gasteiger partial charge is 0.305 e. The third-order valence-corrected chi connectivity index (χ3v) is 3.72. The molecule has 2 heterocycles. The van der Waals surface area contributed by atoms with Crippen LogP contribution in [-0.4, -0.2) is 44.4 Å². The summed E-state index contributed by atoms with van der Waals surface area (Å²) in [4.78, 5) is 32.1. The number of carbonyl (C=O) groups is 2. The average molecular weight is 273 g/mol. The first-order valence-electron chi connectivity index (χ1n) is 6.61. The number of H-pyrrole nitrogens is 1. The summed E-state index contributed by atoms with van der Waals surface area (Å²) in [5.41, 5.74) is 2.19. The van der Waals surface area contributed by atoms with Crippen LogP contribution in [0.2, 0.25) is 0 Å². The van der Waals surface area contributed by atoms with Crippen molar-refractivity contribution in [3.63, 3.8) is 0 Å². The molecule has 0 aliphatic carbocycles. The van der Waals surface area contributed by atoms with Crippen molar-refractivity contribution in [3.8, 4) is 0 Å². The Labute approximate surface area is 115 Å². The molecule has 1 amide bonds. The third-order valence-electron chi connectivity index (χ3n) is 3.72. The number of carbonyl (C=O) groups excluding carboxylic acids is 1. The van der Waals surface area contributed by atoms with Gasteiger partial charge in [0.05, 0.1) is 23.8 Å². The van der Waals surface area contributed by atoms with E-state index in [1.165, 1.54) is 0 Å². The molecule has 0 spiro atoms. The van der Waals surface area contributed by atoms with Crippen LogP contribution in [0, 0.1) is 0 Å². The monoisotopic (exact) mass is 273 g/mol. The van der Waals surface area contributed by atoms with Crippen LogP contribution in [0.1, 0.15) is 29.6 Å². The number of nitrogens with one attached hydrogen (secondary N) is 1. The fourth-order valence-electron chi connectivity index (χ4n) is 2.75. The lowest BCUT2D eigenvalue weighted by molar-refractivity contribution is -0.137. The number of nitrogens with zero attached hydrogens (tertiary/aromatic N) is 2. The Morgan fingerprint density at radius 2 is 2.30 bits per heavy atom. The van der Waals surface area contributed by atoms with Crippen molar-refractivity contribution >= 4 is 22.9 Å². The van der Waals surface area contributed by atoms with Crippen molar-refractivity contribution in [1.82, 2.24) is 14.9 Å². The van der Waals surface area contributed by atoms with E-state index in [0.717, 1.165) is 23.9 Å². The van der Waals surface area contributed by atoms with E-state index in [1.54, 1.807) is 29.4 Å². The maximum Gasteiger partial charge on any atom is 0.305 e. The van der Waals surface area contributed by atoms with Crippen LogP contribution in [0.3, 0.4) is 0 Å². The van der Waals surface area contributed by atoms with Gasteiger partial charge in [-0.3, -0.25) is 9.59 Å². The predicted octanol–water partition coefficient (Wildman–Crippen LogP) is 1.64. The van der Waals surface area contributed by atoms with E-state index in [0.29, 0.717) is 12.1 Å². The zero-order valence-corrected chi connectivity index (χ0v) is 10.9. The van der Waals surface area contributed by atoms with E-state index >= 15 is 0 Å². The number of benzene rings is 1. The highest BCUT2D eigenvalue weighted by Gasteiger charge is 2.30. The summed E-state index contributed by atoms with van der Waals surface area (Å²) < 4.78 is 0. The topological polar surface area (TPSA) is 86.3 Å². The molecule has 3 rings (SSSR count). The quantitative estimate of drug-likeness (QED) is 0.890. The Bertz CT molecular complexity index is 664. The van der Waals surface area contributed by atoms with E-state index in [-0.39, 0.29) is 18.4 Å². The third kappa shape index (κ3) is 2.24. The van der Waals surface area contributed by atoms with E-state index < -0.39 is 5.97 Å². The molecule has 0 radical (unpaired) electrons. The molecule has 1 aliphatic rings. The minimum Gasteiger partial charge on any atom is -0.481 e. The van der Waals surface area contributed by atoms with Gasteiger partial charge in [0.15, 0.2) is 0 Å². The van der Waals surface area contributed by atoms with Crippen LogP contribution in [0.25, 0.3) is 11.0 Å². The van der Waals surface area contributed by atoms with Crippen molar-refractivity contribution < 1.29 is 14.7 Å². The second-order valence-corrected chi connectivity index (χ2v) is 5.03. The number of amides is 1. The molecule has 2 aromatic rings. The maximum atomic E-state index is 12.5. The van der Waals surface area contributed by atoms with Gasteiger partial charge in [-0.05, 0) is 31.0 Å². The van der Waals surface area contributed by atoms with E-state index in [2.05, 4.69) is 9.97 Å². The summed E-state index contributed by atoms with van der Waals surface area (Å²) in [5.74, 6) is -0.969. The Morgan fingerprint density at radius 1 is 1.45 bits per heavy atom. The van der Waals surface area contributed by atoms with Crippen LogP contribution in [0.4, 0.5) is 0 Å². The van der Waals surface area contributed by atoms with Crippen LogP contribution >= 0.6 is 0 Å². The number of carboxylic acid groups (broad SMARTS) is 1. The lowest BCUT2D eigenvalue weighted by atomic mass is 10.1. The molecular weight excluding hydrogens is 258 g/mol. The Morgan fingerprint density at radius 3 is 3.10 bits per heavy atom. The molecule has 1 aromatic carbocycles. The molecule has 20 heavy (non-hydrogen) atoms. The molecule has 1 saturated heterocycles. The second-order valence-electron chi connectivity index (χ2n) is 5.03. The van der Waals surface area contributed by atoms with Gasteiger partial charge in [0, 0.05) is 18.2 Å². The van der Waals surface area contributed by atoms with Crippen molar-refractivity contribution in [1.29, 1.82) is 0 Å². The van der Waals surface area contributed by atoms with Crippen LogP contribution < -0.4 is 0 Å². The highest BCUT2D eigenvalue weighted by molar-refractivity contribution is 5.97. The predicted molar refractivity (Wildman–Crippen MR) is 72.4 cm³/mol. The number of aromatic amines is 1. The fraction of sp³-hybridized carbons (Fsp3) is 0.357. The van der Waals surface area contributed by atoms with Gasteiger partial charge < -0.3 is 15.0 Å². The summed E-state index contributed by atoms with van der Waals surface area (Å²) in [5, 5.41) is 8.91. The Hall–Kier alpha value is -2.37. The van der Waals surface area contributed by atoms with Crippen LogP contribution in [0.15, 0.2) is 24.5 Å². The van der Waals surface area contributed by atoms with E-state index in [4.69, 9.17) is 5.11 Å². The van der Waals surface area contributed by atoms with Gasteiger partial charge in [-0.2, -0.15) is 0 Å². The van der Waals surface area contributed by atoms with Crippen molar-refractivity contribution in [2.24, 2.45) is 0 Å². The first kappa shape index (κ1) is 12.7. The molecule has 0 saturated carbocycles. The Balaban J connectivity index is 1.85. The molecule has 6 nitrogen and oxygen atoms in total.